The second-order valence-corrected chi connectivity index (χ2v) is 10.0. The van der Waals surface area contributed by atoms with E-state index in [-0.39, 0.29) is 17.7 Å². The summed E-state index contributed by atoms with van der Waals surface area (Å²) in [4.78, 5) is 14.9. The molecule has 154 valence electrons. The summed E-state index contributed by atoms with van der Waals surface area (Å²) in [6.07, 6.45) is -1.40. The van der Waals surface area contributed by atoms with Crippen molar-refractivity contribution in [2.24, 2.45) is 0 Å². The Labute approximate surface area is 162 Å². The highest BCUT2D eigenvalue weighted by Crippen LogP contribution is 2.50. The van der Waals surface area contributed by atoms with Crippen LogP contribution in [0.4, 0.5) is 13.2 Å². The van der Waals surface area contributed by atoms with Crippen molar-refractivity contribution in [2.45, 2.75) is 49.7 Å². The van der Waals surface area contributed by atoms with Gasteiger partial charge in [-0.1, -0.05) is 18.2 Å². The van der Waals surface area contributed by atoms with Gasteiger partial charge in [0.15, 0.2) is 0 Å². The van der Waals surface area contributed by atoms with E-state index in [0.29, 0.717) is 57.3 Å². The fourth-order valence-corrected chi connectivity index (χ4v) is 6.25. The number of carbonyl (C=O) groups is 1. The van der Waals surface area contributed by atoms with Crippen LogP contribution in [-0.4, -0.2) is 55.0 Å². The van der Waals surface area contributed by atoms with Crippen molar-refractivity contribution in [3.63, 3.8) is 0 Å². The lowest BCUT2D eigenvalue weighted by Gasteiger charge is -2.38. The van der Waals surface area contributed by atoms with Gasteiger partial charge in [-0.25, -0.2) is 8.42 Å². The SMILES string of the molecule is O=C(N1CCCC(N2CCCS2(=O)=O)C1)C1(c2cccc(C(F)(F)F)c2)CC1. The van der Waals surface area contributed by atoms with Crippen LogP contribution in [0.1, 0.15) is 43.2 Å². The van der Waals surface area contributed by atoms with E-state index in [2.05, 4.69) is 0 Å². The van der Waals surface area contributed by atoms with Gasteiger partial charge >= 0.3 is 6.18 Å². The first-order valence-corrected chi connectivity index (χ1v) is 11.2. The van der Waals surface area contributed by atoms with Crippen molar-refractivity contribution < 1.29 is 26.4 Å². The Morgan fingerprint density at radius 3 is 2.50 bits per heavy atom. The summed E-state index contributed by atoms with van der Waals surface area (Å²) >= 11 is 0. The minimum absolute atomic E-state index is 0.144. The number of likely N-dealkylation sites (tertiary alicyclic amines) is 1. The van der Waals surface area contributed by atoms with Crippen LogP contribution in [0.15, 0.2) is 24.3 Å². The topological polar surface area (TPSA) is 57.7 Å². The van der Waals surface area contributed by atoms with Gasteiger partial charge in [0, 0.05) is 25.7 Å². The molecule has 4 rings (SSSR count). The Bertz CT molecular complexity index is 881. The molecule has 1 aromatic rings. The Balaban J connectivity index is 1.54. The van der Waals surface area contributed by atoms with E-state index < -0.39 is 27.2 Å². The second-order valence-electron chi connectivity index (χ2n) is 7.99. The Hall–Kier alpha value is -1.61. The fraction of sp³-hybridized carbons (Fsp3) is 0.632. The lowest BCUT2D eigenvalue weighted by Crippen LogP contribution is -2.52. The number of piperidine rings is 1. The van der Waals surface area contributed by atoms with E-state index in [9.17, 15) is 26.4 Å². The largest absolute Gasteiger partial charge is 0.416 e. The lowest BCUT2D eigenvalue weighted by atomic mass is 9.91. The third-order valence-corrected chi connectivity index (χ3v) is 8.13. The van der Waals surface area contributed by atoms with Crippen molar-refractivity contribution in [3.05, 3.63) is 35.4 Å². The zero-order chi connectivity index (χ0) is 20.2. The van der Waals surface area contributed by atoms with Crippen LogP contribution in [0, 0.1) is 0 Å². The van der Waals surface area contributed by atoms with Crippen LogP contribution in [-0.2, 0) is 26.4 Å². The van der Waals surface area contributed by atoms with Crippen molar-refractivity contribution in [2.75, 3.05) is 25.4 Å². The molecule has 9 heteroatoms. The maximum Gasteiger partial charge on any atom is 0.416 e. The average molecular weight is 416 g/mol. The van der Waals surface area contributed by atoms with Crippen molar-refractivity contribution in [1.29, 1.82) is 0 Å². The molecule has 1 aliphatic carbocycles. The van der Waals surface area contributed by atoms with E-state index in [1.807, 2.05) is 0 Å². The lowest BCUT2D eigenvalue weighted by molar-refractivity contribution is -0.138. The van der Waals surface area contributed by atoms with E-state index in [1.165, 1.54) is 10.4 Å². The van der Waals surface area contributed by atoms with E-state index in [0.717, 1.165) is 12.1 Å². The Kier molecular flexibility index (Phi) is 4.73. The molecule has 0 radical (unpaired) electrons. The number of hydrogen-bond acceptors (Lipinski definition) is 3. The highest BCUT2D eigenvalue weighted by atomic mass is 32.2. The van der Waals surface area contributed by atoms with Crippen LogP contribution in [0.2, 0.25) is 0 Å². The second kappa shape index (κ2) is 6.73. The number of amides is 1. The van der Waals surface area contributed by atoms with Gasteiger partial charge in [0.1, 0.15) is 0 Å². The van der Waals surface area contributed by atoms with Crippen LogP contribution >= 0.6 is 0 Å². The van der Waals surface area contributed by atoms with Gasteiger partial charge in [0.2, 0.25) is 15.9 Å². The summed E-state index contributed by atoms with van der Waals surface area (Å²) in [6.45, 7) is 1.32. The predicted molar refractivity (Wildman–Crippen MR) is 97.1 cm³/mol. The molecule has 28 heavy (non-hydrogen) atoms. The molecule has 1 saturated carbocycles. The molecule has 1 amide bonds. The molecule has 5 nitrogen and oxygen atoms in total. The third kappa shape index (κ3) is 3.43. The van der Waals surface area contributed by atoms with Crippen LogP contribution < -0.4 is 0 Å². The zero-order valence-corrected chi connectivity index (χ0v) is 16.2. The van der Waals surface area contributed by atoms with E-state index >= 15 is 0 Å². The van der Waals surface area contributed by atoms with Gasteiger partial charge in [0.25, 0.3) is 0 Å². The molecule has 0 aromatic heterocycles. The van der Waals surface area contributed by atoms with Gasteiger partial charge in [-0.05, 0) is 43.7 Å². The molecular formula is C19H23F3N2O3S. The number of rotatable bonds is 3. The highest BCUT2D eigenvalue weighted by molar-refractivity contribution is 7.89. The summed E-state index contributed by atoms with van der Waals surface area (Å²) in [7, 11) is -3.26. The van der Waals surface area contributed by atoms with E-state index in [1.54, 1.807) is 11.0 Å². The molecule has 2 aliphatic heterocycles. The molecule has 1 atom stereocenters. The number of halogens is 3. The molecule has 1 unspecified atom stereocenters. The van der Waals surface area contributed by atoms with Gasteiger partial charge in [-0.15, -0.1) is 0 Å². The number of sulfonamides is 1. The predicted octanol–water partition coefficient (Wildman–Crippen LogP) is 2.76. The fourth-order valence-electron chi connectivity index (χ4n) is 4.49. The molecule has 0 N–H and O–H groups in total. The molecule has 3 aliphatic rings. The van der Waals surface area contributed by atoms with Gasteiger partial charge in [0.05, 0.1) is 16.7 Å². The van der Waals surface area contributed by atoms with Crippen LogP contribution in [0.25, 0.3) is 0 Å². The van der Waals surface area contributed by atoms with Crippen molar-refractivity contribution in [1.82, 2.24) is 9.21 Å². The number of carbonyl (C=O) groups excluding carboxylic acids is 1. The van der Waals surface area contributed by atoms with Crippen LogP contribution in [0.5, 0.6) is 0 Å². The van der Waals surface area contributed by atoms with Crippen LogP contribution in [0.3, 0.4) is 0 Å². The average Bonchev–Trinajstić information content (AvgIpc) is 3.39. The number of alkyl halides is 3. The minimum Gasteiger partial charge on any atom is -0.340 e. The molecule has 0 spiro atoms. The maximum atomic E-state index is 13.2. The quantitative estimate of drug-likeness (QED) is 0.762. The standard InChI is InChI=1S/C19H23F3N2O3S/c20-19(21,22)15-5-1-4-14(12-15)18(7-8-18)17(25)23-9-2-6-16(13-23)24-10-3-11-28(24,26)27/h1,4-5,12,16H,2-3,6-11,13H2. The number of nitrogens with zero attached hydrogens (tertiary/aromatic N) is 2. The summed E-state index contributed by atoms with van der Waals surface area (Å²) in [5, 5.41) is 0. The number of benzene rings is 1. The first-order chi connectivity index (χ1) is 13.1. The zero-order valence-electron chi connectivity index (χ0n) is 15.4. The molecule has 0 bridgehead atoms. The first kappa shape index (κ1) is 19.7. The molecule has 1 aromatic carbocycles. The van der Waals surface area contributed by atoms with Crippen molar-refractivity contribution >= 4 is 15.9 Å². The van der Waals surface area contributed by atoms with Crippen molar-refractivity contribution in [3.8, 4) is 0 Å². The van der Waals surface area contributed by atoms with Gasteiger partial charge in [-0.3, -0.25) is 4.79 Å². The van der Waals surface area contributed by atoms with E-state index in [4.69, 9.17) is 0 Å². The van der Waals surface area contributed by atoms with Gasteiger partial charge < -0.3 is 4.90 Å². The van der Waals surface area contributed by atoms with Gasteiger partial charge in [-0.2, -0.15) is 17.5 Å². The molecule has 2 heterocycles. The highest BCUT2D eigenvalue weighted by Gasteiger charge is 2.54. The first-order valence-electron chi connectivity index (χ1n) is 9.60. The summed E-state index contributed by atoms with van der Waals surface area (Å²) in [5.74, 6) is -0.0286. The summed E-state index contributed by atoms with van der Waals surface area (Å²) < 4.78 is 65.2. The maximum absolute atomic E-state index is 13.2. The Morgan fingerprint density at radius 1 is 1.14 bits per heavy atom. The third-order valence-electron chi connectivity index (χ3n) is 6.13. The number of hydrogen-bond donors (Lipinski definition) is 0. The minimum atomic E-state index is -4.45. The molecular weight excluding hydrogens is 393 g/mol. The summed E-state index contributed by atoms with van der Waals surface area (Å²) in [6, 6.07) is 4.80. The molecule has 3 fully saturated rings. The Morgan fingerprint density at radius 2 is 1.89 bits per heavy atom. The normalized spacial score (nSPS) is 27.0. The smallest absolute Gasteiger partial charge is 0.340 e. The molecule has 2 saturated heterocycles. The monoisotopic (exact) mass is 416 g/mol. The summed E-state index contributed by atoms with van der Waals surface area (Å²) in [5.41, 5.74) is -1.24.